The zero-order valence-electron chi connectivity index (χ0n) is 14.7. The first-order valence-electron chi connectivity index (χ1n) is 8.08. The van der Waals surface area contributed by atoms with Crippen LogP contribution in [0.1, 0.15) is 10.4 Å². The van der Waals surface area contributed by atoms with Gasteiger partial charge in [-0.3, -0.25) is 4.79 Å². The Morgan fingerprint density at radius 2 is 1.57 bits per heavy atom. The topological polar surface area (TPSA) is 63.7 Å². The van der Waals surface area contributed by atoms with Crippen LogP contribution in [0.2, 0.25) is 5.02 Å². The Bertz CT molecular complexity index is 1100. The van der Waals surface area contributed by atoms with E-state index in [4.69, 9.17) is 16.3 Å². The number of rotatable bonds is 5. The molecular weight excluding hydrogens is 466 g/mol. The molecule has 5 nitrogen and oxygen atoms in total. The Morgan fingerprint density at radius 1 is 0.964 bits per heavy atom. The smallest absolute Gasteiger partial charge is 0.273 e. The summed E-state index contributed by atoms with van der Waals surface area (Å²) in [4.78, 5) is 13.2. The molecule has 0 atom stereocenters. The first-order valence-corrected chi connectivity index (χ1v) is 10.7. The average molecular weight is 481 g/mol. The number of carbonyl (C=O) groups excluding carboxylic acids is 1. The third-order valence-electron chi connectivity index (χ3n) is 3.95. The molecule has 0 N–H and O–H groups in total. The second kappa shape index (κ2) is 8.34. The van der Waals surface area contributed by atoms with Crippen molar-refractivity contribution in [3.63, 3.8) is 0 Å². The van der Waals surface area contributed by atoms with Crippen molar-refractivity contribution in [1.82, 2.24) is 0 Å². The molecule has 0 aliphatic heterocycles. The second-order valence-electron chi connectivity index (χ2n) is 5.71. The standard InChI is InChI=1S/C20H15BrClNO4S/c1-27-16-10-8-15(9-11-16)23(20(24)18-4-2-3-5-19(18)21)28(25,26)17-12-6-14(22)7-13-17/h2-13H,1H3. The maximum atomic E-state index is 13.3. The van der Waals surface area contributed by atoms with Crippen molar-refractivity contribution in [3.8, 4) is 5.75 Å². The molecule has 3 aromatic rings. The van der Waals surface area contributed by atoms with Crippen LogP contribution < -0.4 is 9.04 Å². The molecule has 0 radical (unpaired) electrons. The Balaban J connectivity index is 2.17. The number of anilines is 1. The van der Waals surface area contributed by atoms with E-state index in [9.17, 15) is 13.2 Å². The first-order chi connectivity index (χ1) is 13.3. The van der Waals surface area contributed by atoms with E-state index in [1.807, 2.05) is 0 Å². The van der Waals surface area contributed by atoms with Crippen LogP contribution in [0.25, 0.3) is 0 Å². The number of sulfonamides is 1. The van der Waals surface area contributed by atoms with Crippen LogP contribution in [0.4, 0.5) is 5.69 Å². The number of carbonyl (C=O) groups is 1. The van der Waals surface area contributed by atoms with Gasteiger partial charge in [0.05, 0.1) is 23.3 Å². The van der Waals surface area contributed by atoms with Crippen molar-refractivity contribution in [2.45, 2.75) is 4.90 Å². The lowest BCUT2D eigenvalue weighted by molar-refractivity contribution is 0.100. The van der Waals surface area contributed by atoms with Gasteiger partial charge in [-0.15, -0.1) is 0 Å². The van der Waals surface area contributed by atoms with Gasteiger partial charge in [-0.05, 0) is 76.6 Å². The van der Waals surface area contributed by atoms with Gasteiger partial charge in [0, 0.05) is 9.50 Å². The van der Waals surface area contributed by atoms with Crippen LogP contribution in [0.5, 0.6) is 5.75 Å². The first kappa shape index (κ1) is 20.4. The minimum atomic E-state index is -4.19. The van der Waals surface area contributed by atoms with Crippen molar-refractivity contribution in [2.24, 2.45) is 0 Å². The van der Waals surface area contributed by atoms with E-state index in [0.29, 0.717) is 15.2 Å². The second-order valence-corrected chi connectivity index (χ2v) is 8.78. The van der Waals surface area contributed by atoms with Crippen LogP contribution in [0, 0.1) is 0 Å². The normalized spacial score (nSPS) is 11.1. The van der Waals surface area contributed by atoms with Crippen LogP contribution in [-0.4, -0.2) is 21.4 Å². The zero-order valence-corrected chi connectivity index (χ0v) is 17.8. The van der Waals surface area contributed by atoms with Crippen LogP contribution in [0.15, 0.2) is 82.2 Å². The summed E-state index contributed by atoms with van der Waals surface area (Å²) in [6, 6.07) is 18.5. The van der Waals surface area contributed by atoms with Crippen LogP contribution >= 0.6 is 27.5 Å². The van der Waals surface area contributed by atoms with Crippen molar-refractivity contribution < 1.29 is 17.9 Å². The van der Waals surface area contributed by atoms with Gasteiger partial charge in [0.25, 0.3) is 15.9 Å². The zero-order chi connectivity index (χ0) is 20.3. The number of hydrogen-bond acceptors (Lipinski definition) is 4. The molecule has 8 heteroatoms. The summed E-state index contributed by atoms with van der Waals surface area (Å²) in [5, 5.41) is 0.395. The fraction of sp³-hybridized carbons (Fsp3) is 0.0500. The van der Waals surface area contributed by atoms with E-state index in [1.54, 1.807) is 36.4 Å². The fourth-order valence-electron chi connectivity index (χ4n) is 2.54. The number of hydrogen-bond donors (Lipinski definition) is 0. The third kappa shape index (κ3) is 4.06. The molecule has 0 aliphatic rings. The molecule has 0 saturated carbocycles. The van der Waals surface area contributed by atoms with Gasteiger partial charge in [0.15, 0.2) is 0 Å². The van der Waals surface area contributed by atoms with Gasteiger partial charge in [0.1, 0.15) is 5.75 Å². The van der Waals surface area contributed by atoms with Crippen molar-refractivity contribution in [1.29, 1.82) is 0 Å². The molecule has 0 bridgehead atoms. The van der Waals surface area contributed by atoms with Crippen molar-refractivity contribution in [2.75, 3.05) is 11.4 Å². The number of benzene rings is 3. The lowest BCUT2D eigenvalue weighted by Gasteiger charge is -2.23. The summed E-state index contributed by atoms with van der Waals surface area (Å²) in [5.41, 5.74) is 0.410. The summed E-state index contributed by atoms with van der Waals surface area (Å²) < 4.78 is 33.1. The van der Waals surface area contributed by atoms with E-state index in [2.05, 4.69) is 15.9 Å². The number of nitrogens with zero attached hydrogens (tertiary/aromatic N) is 1. The van der Waals surface area contributed by atoms with Crippen LogP contribution in [0.3, 0.4) is 0 Å². The Labute approximate surface area is 176 Å². The quantitative estimate of drug-likeness (QED) is 0.507. The highest BCUT2D eigenvalue weighted by molar-refractivity contribution is 9.10. The highest BCUT2D eigenvalue weighted by atomic mass is 79.9. The highest BCUT2D eigenvalue weighted by Gasteiger charge is 2.32. The minimum absolute atomic E-state index is 0.0480. The van der Waals surface area contributed by atoms with E-state index in [0.717, 1.165) is 4.31 Å². The maximum Gasteiger partial charge on any atom is 0.273 e. The number of methoxy groups -OCH3 is 1. The molecule has 0 aromatic heterocycles. The lowest BCUT2D eigenvalue weighted by Crippen LogP contribution is -2.37. The third-order valence-corrected chi connectivity index (χ3v) is 6.62. The Kier molecular flexibility index (Phi) is 6.07. The van der Waals surface area contributed by atoms with Gasteiger partial charge < -0.3 is 4.74 Å². The average Bonchev–Trinajstić information content (AvgIpc) is 2.69. The van der Waals surface area contributed by atoms with Gasteiger partial charge in [-0.1, -0.05) is 23.7 Å². The Morgan fingerprint density at radius 3 is 2.14 bits per heavy atom. The minimum Gasteiger partial charge on any atom is -0.497 e. The number of halogens is 2. The van der Waals surface area contributed by atoms with Crippen LogP contribution in [-0.2, 0) is 10.0 Å². The van der Waals surface area contributed by atoms with Crippen molar-refractivity contribution in [3.05, 3.63) is 87.9 Å². The van der Waals surface area contributed by atoms with Gasteiger partial charge in [-0.25, -0.2) is 8.42 Å². The monoisotopic (exact) mass is 479 g/mol. The molecule has 0 heterocycles. The molecule has 0 unspecified atom stereocenters. The number of amides is 1. The van der Waals surface area contributed by atoms with E-state index in [-0.39, 0.29) is 16.1 Å². The summed E-state index contributed by atoms with van der Waals surface area (Å²) in [5.74, 6) is -0.145. The molecule has 0 spiro atoms. The Hall–Kier alpha value is -2.35. The summed E-state index contributed by atoms with van der Waals surface area (Å²) >= 11 is 9.19. The molecule has 28 heavy (non-hydrogen) atoms. The molecule has 0 aliphatic carbocycles. The molecule has 0 fully saturated rings. The molecule has 3 rings (SSSR count). The number of ether oxygens (including phenoxy) is 1. The molecule has 1 amide bonds. The lowest BCUT2D eigenvalue weighted by atomic mass is 10.2. The summed E-state index contributed by atoms with van der Waals surface area (Å²) in [6.45, 7) is 0. The predicted molar refractivity (Wildman–Crippen MR) is 113 cm³/mol. The highest BCUT2D eigenvalue weighted by Crippen LogP contribution is 2.30. The molecule has 3 aromatic carbocycles. The molecule has 0 saturated heterocycles. The van der Waals surface area contributed by atoms with E-state index < -0.39 is 15.9 Å². The summed E-state index contributed by atoms with van der Waals surface area (Å²) in [7, 11) is -2.69. The summed E-state index contributed by atoms with van der Waals surface area (Å²) in [6.07, 6.45) is 0. The predicted octanol–water partition coefficient (Wildman–Crippen LogP) is 5.15. The van der Waals surface area contributed by atoms with Gasteiger partial charge >= 0.3 is 0 Å². The largest absolute Gasteiger partial charge is 0.497 e. The SMILES string of the molecule is COc1ccc(N(C(=O)c2ccccc2Br)S(=O)(=O)c2ccc(Cl)cc2)cc1. The van der Waals surface area contributed by atoms with E-state index >= 15 is 0 Å². The maximum absolute atomic E-state index is 13.3. The molecule has 144 valence electrons. The molecular formula is C20H15BrClNO4S. The van der Waals surface area contributed by atoms with E-state index in [1.165, 1.54) is 43.5 Å². The van der Waals surface area contributed by atoms with Crippen molar-refractivity contribution >= 4 is 49.1 Å². The van der Waals surface area contributed by atoms with Gasteiger partial charge in [-0.2, -0.15) is 4.31 Å². The fourth-order valence-corrected chi connectivity index (χ4v) is 4.53. The van der Waals surface area contributed by atoms with Gasteiger partial charge in [0.2, 0.25) is 0 Å².